The van der Waals surface area contributed by atoms with Crippen molar-refractivity contribution < 1.29 is 9.59 Å². The van der Waals surface area contributed by atoms with E-state index in [4.69, 9.17) is 0 Å². The van der Waals surface area contributed by atoms with Gasteiger partial charge in [-0.05, 0) is 37.9 Å². The predicted molar refractivity (Wildman–Crippen MR) is 92.0 cm³/mol. The number of likely N-dealkylation sites (N-methyl/N-ethyl adjacent to an activating group) is 1. The number of aromatic nitrogens is 1. The summed E-state index contributed by atoms with van der Waals surface area (Å²) in [6.45, 7) is 7.96. The van der Waals surface area contributed by atoms with E-state index in [9.17, 15) is 9.59 Å². The number of piperazine rings is 1. The zero-order chi connectivity index (χ0) is 16.9. The van der Waals surface area contributed by atoms with E-state index < -0.39 is 0 Å². The molecule has 2 amide bonds. The third kappa shape index (κ3) is 3.75. The average molecular weight is 330 g/mol. The number of hydrogen-bond donors (Lipinski definition) is 0. The zero-order valence-corrected chi connectivity index (χ0v) is 14.4. The fraction of sp³-hybridized carbons (Fsp3) is 0.611. The molecule has 1 aromatic heterocycles. The lowest BCUT2D eigenvalue weighted by Gasteiger charge is -2.33. The Morgan fingerprint density at radius 3 is 1.96 bits per heavy atom. The molecule has 0 radical (unpaired) electrons. The maximum atomic E-state index is 12.7. The van der Waals surface area contributed by atoms with Gasteiger partial charge in [-0.15, -0.1) is 0 Å². The topological polar surface area (TPSA) is 56.8 Å². The van der Waals surface area contributed by atoms with Crippen LogP contribution in [0, 0.1) is 0 Å². The highest BCUT2D eigenvalue weighted by Gasteiger charge is 2.24. The van der Waals surface area contributed by atoms with Gasteiger partial charge in [-0.1, -0.05) is 13.0 Å². The van der Waals surface area contributed by atoms with Crippen molar-refractivity contribution in [3.8, 4) is 0 Å². The van der Waals surface area contributed by atoms with Crippen LogP contribution in [0.1, 0.15) is 47.2 Å². The van der Waals surface area contributed by atoms with Gasteiger partial charge in [-0.3, -0.25) is 9.59 Å². The van der Waals surface area contributed by atoms with Crippen LogP contribution < -0.4 is 0 Å². The van der Waals surface area contributed by atoms with E-state index >= 15 is 0 Å². The minimum absolute atomic E-state index is 0.0554. The number of amides is 2. The lowest BCUT2D eigenvalue weighted by molar-refractivity contribution is 0.0637. The first kappa shape index (κ1) is 16.9. The Hall–Kier alpha value is -1.95. The van der Waals surface area contributed by atoms with Gasteiger partial charge in [-0.25, -0.2) is 4.98 Å². The first-order chi connectivity index (χ1) is 11.7. The van der Waals surface area contributed by atoms with Gasteiger partial charge >= 0.3 is 0 Å². The zero-order valence-electron chi connectivity index (χ0n) is 14.4. The maximum Gasteiger partial charge on any atom is 0.272 e. The Bertz CT molecular complexity index is 590. The van der Waals surface area contributed by atoms with Crippen molar-refractivity contribution in [1.29, 1.82) is 0 Å². The number of nitrogens with zero attached hydrogens (tertiary/aromatic N) is 4. The van der Waals surface area contributed by atoms with Crippen LogP contribution >= 0.6 is 0 Å². The van der Waals surface area contributed by atoms with Crippen molar-refractivity contribution in [3.05, 3.63) is 29.6 Å². The second kappa shape index (κ2) is 7.75. The molecule has 3 heterocycles. The molecular weight excluding hydrogens is 304 g/mol. The summed E-state index contributed by atoms with van der Waals surface area (Å²) >= 11 is 0. The Kier molecular flexibility index (Phi) is 5.45. The molecule has 24 heavy (non-hydrogen) atoms. The first-order valence-corrected chi connectivity index (χ1v) is 8.97. The van der Waals surface area contributed by atoms with E-state index in [0.717, 1.165) is 58.7 Å². The molecule has 1 aromatic rings. The average Bonchev–Trinajstić information content (AvgIpc) is 2.67. The minimum Gasteiger partial charge on any atom is -0.337 e. The molecule has 6 nitrogen and oxygen atoms in total. The number of piperidine rings is 1. The minimum atomic E-state index is -0.0703. The highest BCUT2D eigenvalue weighted by Crippen LogP contribution is 2.13. The molecule has 0 aliphatic carbocycles. The van der Waals surface area contributed by atoms with E-state index in [0.29, 0.717) is 11.4 Å². The molecular formula is C18H26N4O2. The van der Waals surface area contributed by atoms with Crippen LogP contribution in [0.3, 0.4) is 0 Å². The van der Waals surface area contributed by atoms with E-state index in [2.05, 4.69) is 16.8 Å². The van der Waals surface area contributed by atoms with Gasteiger partial charge in [-0.2, -0.15) is 0 Å². The van der Waals surface area contributed by atoms with Gasteiger partial charge in [0.25, 0.3) is 11.8 Å². The molecule has 0 saturated carbocycles. The highest BCUT2D eigenvalue weighted by atomic mass is 16.2. The summed E-state index contributed by atoms with van der Waals surface area (Å²) in [4.78, 5) is 35.6. The van der Waals surface area contributed by atoms with Crippen LogP contribution in [0.5, 0.6) is 0 Å². The van der Waals surface area contributed by atoms with Crippen LogP contribution in [-0.4, -0.2) is 77.3 Å². The fourth-order valence-corrected chi connectivity index (χ4v) is 3.36. The summed E-state index contributed by atoms with van der Waals surface area (Å²) in [7, 11) is 0. The van der Waals surface area contributed by atoms with E-state index in [1.54, 1.807) is 18.2 Å². The van der Waals surface area contributed by atoms with Gasteiger partial charge in [0.15, 0.2) is 0 Å². The molecule has 0 spiro atoms. The van der Waals surface area contributed by atoms with Gasteiger partial charge < -0.3 is 14.7 Å². The van der Waals surface area contributed by atoms with Crippen molar-refractivity contribution in [2.24, 2.45) is 0 Å². The summed E-state index contributed by atoms with van der Waals surface area (Å²) in [6, 6.07) is 5.18. The highest BCUT2D eigenvalue weighted by molar-refractivity contribution is 5.96. The Labute approximate surface area is 143 Å². The number of hydrogen-bond acceptors (Lipinski definition) is 4. The molecule has 2 aliphatic rings. The van der Waals surface area contributed by atoms with Crippen molar-refractivity contribution >= 4 is 11.8 Å². The molecule has 0 aromatic carbocycles. The number of rotatable bonds is 3. The smallest absolute Gasteiger partial charge is 0.272 e. The van der Waals surface area contributed by atoms with Crippen LogP contribution in [0.25, 0.3) is 0 Å². The molecule has 3 rings (SSSR count). The second-order valence-electron chi connectivity index (χ2n) is 6.49. The standard InChI is InChI=1S/C18H26N4O2/c1-2-20-11-13-22(14-12-20)18(24)16-8-6-7-15(19-16)17(23)21-9-4-3-5-10-21/h6-8H,2-5,9-14H2,1H3. The lowest BCUT2D eigenvalue weighted by Crippen LogP contribution is -2.48. The van der Waals surface area contributed by atoms with Gasteiger partial charge in [0.2, 0.25) is 0 Å². The number of carbonyl (C=O) groups is 2. The predicted octanol–water partition coefficient (Wildman–Crippen LogP) is 1.49. The van der Waals surface area contributed by atoms with Crippen molar-refractivity contribution in [1.82, 2.24) is 19.7 Å². The largest absolute Gasteiger partial charge is 0.337 e. The molecule has 0 N–H and O–H groups in total. The summed E-state index contributed by atoms with van der Waals surface area (Å²) in [6.07, 6.45) is 3.28. The van der Waals surface area contributed by atoms with Crippen LogP contribution in [0.2, 0.25) is 0 Å². The molecule has 0 bridgehead atoms. The lowest BCUT2D eigenvalue weighted by atomic mass is 10.1. The number of carbonyl (C=O) groups excluding carboxylic acids is 2. The SMILES string of the molecule is CCN1CCN(C(=O)c2cccc(C(=O)N3CCCCC3)n2)CC1. The Morgan fingerprint density at radius 1 is 0.875 bits per heavy atom. The molecule has 0 unspecified atom stereocenters. The third-order valence-electron chi connectivity index (χ3n) is 4.94. The monoisotopic (exact) mass is 330 g/mol. The van der Waals surface area contributed by atoms with Crippen molar-refractivity contribution in [2.75, 3.05) is 45.8 Å². The van der Waals surface area contributed by atoms with E-state index in [1.807, 2.05) is 9.80 Å². The first-order valence-electron chi connectivity index (χ1n) is 8.97. The molecule has 2 saturated heterocycles. The molecule has 2 aliphatic heterocycles. The van der Waals surface area contributed by atoms with Crippen LogP contribution in [0.4, 0.5) is 0 Å². The molecule has 130 valence electrons. The Morgan fingerprint density at radius 2 is 1.42 bits per heavy atom. The van der Waals surface area contributed by atoms with Crippen molar-refractivity contribution in [3.63, 3.8) is 0 Å². The van der Waals surface area contributed by atoms with Crippen LogP contribution in [0.15, 0.2) is 18.2 Å². The van der Waals surface area contributed by atoms with E-state index in [1.165, 1.54) is 6.42 Å². The summed E-state index contributed by atoms with van der Waals surface area (Å²) in [5, 5.41) is 0. The van der Waals surface area contributed by atoms with E-state index in [-0.39, 0.29) is 11.8 Å². The molecule has 6 heteroatoms. The second-order valence-corrected chi connectivity index (χ2v) is 6.49. The van der Waals surface area contributed by atoms with Crippen molar-refractivity contribution in [2.45, 2.75) is 26.2 Å². The normalized spacial score (nSPS) is 19.4. The summed E-state index contributed by atoms with van der Waals surface area (Å²) in [5.74, 6) is -0.126. The number of likely N-dealkylation sites (tertiary alicyclic amines) is 1. The maximum absolute atomic E-state index is 12.7. The van der Waals surface area contributed by atoms with Crippen LogP contribution in [-0.2, 0) is 0 Å². The molecule has 0 atom stereocenters. The third-order valence-corrected chi connectivity index (χ3v) is 4.94. The quantitative estimate of drug-likeness (QED) is 0.842. The molecule has 2 fully saturated rings. The Balaban J connectivity index is 1.68. The van der Waals surface area contributed by atoms with Gasteiger partial charge in [0.05, 0.1) is 0 Å². The van der Waals surface area contributed by atoms with Gasteiger partial charge in [0.1, 0.15) is 11.4 Å². The summed E-state index contributed by atoms with van der Waals surface area (Å²) < 4.78 is 0. The number of pyridine rings is 1. The fourth-order valence-electron chi connectivity index (χ4n) is 3.36. The summed E-state index contributed by atoms with van der Waals surface area (Å²) in [5.41, 5.74) is 0.762. The van der Waals surface area contributed by atoms with Gasteiger partial charge in [0, 0.05) is 39.3 Å².